The van der Waals surface area contributed by atoms with Gasteiger partial charge in [-0.25, -0.2) is 0 Å². The highest BCUT2D eigenvalue weighted by molar-refractivity contribution is 5.79. The average molecular weight is 287 g/mol. The fourth-order valence-electron chi connectivity index (χ4n) is 3.30. The Bertz CT molecular complexity index is 558. The SMILES string of the molecule is Cc1cccnc1CC(=O)N1CCC2NC(=O)CCC2C1. The number of carbonyl (C=O) groups excluding carboxylic acids is 2. The van der Waals surface area contributed by atoms with Crippen LogP contribution in [0, 0.1) is 12.8 Å². The second kappa shape index (κ2) is 5.84. The van der Waals surface area contributed by atoms with Crippen LogP contribution >= 0.6 is 0 Å². The van der Waals surface area contributed by atoms with Crippen LogP contribution in [0.2, 0.25) is 0 Å². The summed E-state index contributed by atoms with van der Waals surface area (Å²) < 4.78 is 0. The monoisotopic (exact) mass is 287 g/mol. The summed E-state index contributed by atoms with van der Waals surface area (Å²) in [6.45, 7) is 3.47. The van der Waals surface area contributed by atoms with E-state index in [4.69, 9.17) is 0 Å². The first-order valence-corrected chi connectivity index (χ1v) is 7.61. The van der Waals surface area contributed by atoms with Crippen molar-refractivity contribution in [2.75, 3.05) is 13.1 Å². The number of amides is 2. The molecule has 5 heteroatoms. The lowest BCUT2D eigenvalue weighted by Gasteiger charge is -2.41. The molecule has 2 saturated heterocycles. The van der Waals surface area contributed by atoms with Crippen molar-refractivity contribution in [2.24, 2.45) is 5.92 Å². The molecule has 0 radical (unpaired) electrons. The second-order valence-corrected chi connectivity index (χ2v) is 6.04. The Hall–Kier alpha value is -1.91. The van der Waals surface area contributed by atoms with E-state index in [0.717, 1.165) is 37.2 Å². The smallest absolute Gasteiger partial charge is 0.228 e. The molecule has 2 aliphatic rings. The van der Waals surface area contributed by atoms with Gasteiger partial charge in [-0.15, -0.1) is 0 Å². The summed E-state index contributed by atoms with van der Waals surface area (Å²) in [4.78, 5) is 30.1. The number of hydrogen-bond donors (Lipinski definition) is 1. The molecule has 1 aromatic rings. The molecule has 2 amide bonds. The third-order valence-corrected chi connectivity index (χ3v) is 4.61. The minimum absolute atomic E-state index is 0.146. The Balaban J connectivity index is 1.62. The largest absolute Gasteiger partial charge is 0.353 e. The molecule has 1 N–H and O–H groups in total. The van der Waals surface area contributed by atoms with E-state index in [0.29, 0.717) is 18.8 Å². The van der Waals surface area contributed by atoms with Crippen molar-refractivity contribution >= 4 is 11.8 Å². The molecule has 112 valence electrons. The third-order valence-electron chi connectivity index (χ3n) is 4.61. The van der Waals surface area contributed by atoms with Crippen molar-refractivity contribution in [3.05, 3.63) is 29.6 Å². The molecular formula is C16H21N3O2. The lowest BCUT2D eigenvalue weighted by Crippen LogP contribution is -2.55. The number of likely N-dealkylation sites (tertiary alicyclic amines) is 1. The fourth-order valence-corrected chi connectivity index (χ4v) is 3.30. The predicted molar refractivity (Wildman–Crippen MR) is 78.5 cm³/mol. The van der Waals surface area contributed by atoms with Gasteiger partial charge in [0.15, 0.2) is 0 Å². The zero-order valence-electron chi connectivity index (χ0n) is 12.3. The van der Waals surface area contributed by atoms with Crippen LogP contribution in [-0.4, -0.2) is 40.8 Å². The summed E-state index contributed by atoms with van der Waals surface area (Å²) in [6, 6.07) is 4.13. The highest BCUT2D eigenvalue weighted by Gasteiger charge is 2.35. The van der Waals surface area contributed by atoms with Gasteiger partial charge in [0, 0.05) is 31.7 Å². The van der Waals surface area contributed by atoms with E-state index < -0.39 is 0 Å². The van der Waals surface area contributed by atoms with Gasteiger partial charge in [-0.3, -0.25) is 14.6 Å². The molecule has 0 spiro atoms. The van der Waals surface area contributed by atoms with E-state index in [1.807, 2.05) is 24.0 Å². The maximum Gasteiger partial charge on any atom is 0.228 e. The number of aryl methyl sites for hydroxylation is 1. The molecule has 2 unspecified atom stereocenters. The standard InChI is InChI=1S/C16H21N3O2/c1-11-3-2-7-17-14(11)9-16(21)19-8-6-13-12(10-19)4-5-15(20)18-13/h2-3,7,12-13H,4-6,8-10H2,1H3,(H,18,20). The normalized spacial score (nSPS) is 25.2. The van der Waals surface area contributed by atoms with Crippen LogP contribution in [0.1, 0.15) is 30.5 Å². The summed E-state index contributed by atoms with van der Waals surface area (Å²) in [5, 5.41) is 3.05. The van der Waals surface area contributed by atoms with Crippen LogP contribution in [0.25, 0.3) is 0 Å². The molecule has 5 nitrogen and oxygen atoms in total. The summed E-state index contributed by atoms with van der Waals surface area (Å²) >= 11 is 0. The predicted octanol–water partition coefficient (Wildman–Crippen LogP) is 1.06. The van der Waals surface area contributed by atoms with E-state index in [1.165, 1.54) is 0 Å². The van der Waals surface area contributed by atoms with Crippen molar-refractivity contribution in [3.8, 4) is 0 Å². The van der Waals surface area contributed by atoms with E-state index in [-0.39, 0.29) is 17.9 Å². The number of aromatic nitrogens is 1. The molecule has 21 heavy (non-hydrogen) atoms. The average Bonchev–Trinajstić information content (AvgIpc) is 2.49. The second-order valence-electron chi connectivity index (χ2n) is 6.04. The fraction of sp³-hybridized carbons (Fsp3) is 0.562. The van der Waals surface area contributed by atoms with Gasteiger partial charge < -0.3 is 10.2 Å². The lowest BCUT2D eigenvalue weighted by molar-refractivity contribution is -0.134. The van der Waals surface area contributed by atoms with Gasteiger partial charge in [0.2, 0.25) is 11.8 Å². The number of nitrogens with one attached hydrogen (secondary N) is 1. The van der Waals surface area contributed by atoms with Crippen molar-refractivity contribution in [1.82, 2.24) is 15.2 Å². The maximum absolute atomic E-state index is 12.5. The van der Waals surface area contributed by atoms with Crippen LogP contribution in [0.15, 0.2) is 18.3 Å². The molecule has 0 bridgehead atoms. The molecule has 0 aliphatic carbocycles. The van der Waals surface area contributed by atoms with Crippen LogP contribution < -0.4 is 5.32 Å². The van der Waals surface area contributed by atoms with Crippen molar-refractivity contribution in [3.63, 3.8) is 0 Å². The Morgan fingerprint density at radius 2 is 2.33 bits per heavy atom. The van der Waals surface area contributed by atoms with Crippen molar-refractivity contribution < 1.29 is 9.59 Å². The molecule has 3 rings (SSSR count). The molecule has 2 fully saturated rings. The molecule has 2 aliphatic heterocycles. The summed E-state index contributed by atoms with van der Waals surface area (Å²) in [7, 11) is 0. The molecule has 0 aromatic carbocycles. The maximum atomic E-state index is 12.5. The highest BCUT2D eigenvalue weighted by Crippen LogP contribution is 2.25. The van der Waals surface area contributed by atoms with Gasteiger partial charge in [0.05, 0.1) is 12.1 Å². The van der Waals surface area contributed by atoms with Gasteiger partial charge in [-0.2, -0.15) is 0 Å². The van der Waals surface area contributed by atoms with E-state index >= 15 is 0 Å². The minimum Gasteiger partial charge on any atom is -0.353 e. The zero-order chi connectivity index (χ0) is 14.8. The van der Waals surface area contributed by atoms with Gasteiger partial charge in [0.25, 0.3) is 0 Å². The molecule has 1 aromatic heterocycles. The lowest BCUT2D eigenvalue weighted by atomic mass is 9.85. The van der Waals surface area contributed by atoms with Gasteiger partial charge in [-0.1, -0.05) is 6.07 Å². The number of fused-ring (bicyclic) bond motifs is 1. The number of carbonyl (C=O) groups is 2. The van der Waals surface area contributed by atoms with Crippen molar-refractivity contribution in [2.45, 2.75) is 38.6 Å². The first-order valence-electron chi connectivity index (χ1n) is 7.61. The zero-order valence-corrected chi connectivity index (χ0v) is 12.3. The number of piperidine rings is 2. The van der Waals surface area contributed by atoms with Gasteiger partial charge in [-0.05, 0) is 37.3 Å². The Kier molecular flexibility index (Phi) is 3.90. The number of pyridine rings is 1. The topological polar surface area (TPSA) is 62.3 Å². The summed E-state index contributed by atoms with van der Waals surface area (Å²) in [5.41, 5.74) is 1.92. The highest BCUT2D eigenvalue weighted by atomic mass is 16.2. The summed E-state index contributed by atoms with van der Waals surface area (Å²) in [5.74, 6) is 0.706. The first-order chi connectivity index (χ1) is 10.1. The molecule has 0 saturated carbocycles. The Morgan fingerprint density at radius 3 is 3.14 bits per heavy atom. The number of rotatable bonds is 2. The minimum atomic E-state index is 0.146. The van der Waals surface area contributed by atoms with Gasteiger partial charge in [0.1, 0.15) is 0 Å². The van der Waals surface area contributed by atoms with Crippen LogP contribution in [-0.2, 0) is 16.0 Å². The molecule has 3 heterocycles. The number of nitrogens with zero attached hydrogens (tertiary/aromatic N) is 2. The Labute approximate surface area is 124 Å². The summed E-state index contributed by atoms with van der Waals surface area (Å²) in [6.07, 6.45) is 4.45. The Morgan fingerprint density at radius 1 is 1.48 bits per heavy atom. The number of hydrogen-bond acceptors (Lipinski definition) is 3. The van der Waals surface area contributed by atoms with E-state index in [1.54, 1.807) is 6.20 Å². The van der Waals surface area contributed by atoms with Crippen LogP contribution in [0.3, 0.4) is 0 Å². The van der Waals surface area contributed by atoms with Crippen LogP contribution in [0.4, 0.5) is 0 Å². The quantitative estimate of drug-likeness (QED) is 0.884. The van der Waals surface area contributed by atoms with Crippen molar-refractivity contribution in [1.29, 1.82) is 0 Å². The molecular weight excluding hydrogens is 266 g/mol. The molecule has 2 atom stereocenters. The van der Waals surface area contributed by atoms with E-state index in [9.17, 15) is 9.59 Å². The van der Waals surface area contributed by atoms with Crippen LogP contribution in [0.5, 0.6) is 0 Å². The first kappa shape index (κ1) is 14.0. The van der Waals surface area contributed by atoms with Gasteiger partial charge >= 0.3 is 0 Å². The third kappa shape index (κ3) is 3.06. The van der Waals surface area contributed by atoms with E-state index in [2.05, 4.69) is 10.3 Å².